The van der Waals surface area contributed by atoms with Gasteiger partial charge in [-0.25, -0.2) is 0 Å². The van der Waals surface area contributed by atoms with Gasteiger partial charge in [-0.3, -0.25) is 4.79 Å². The van der Waals surface area contributed by atoms with Crippen molar-refractivity contribution in [3.8, 4) is 0 Å². The minimum Gasteiger partial charge on any atom is -0.343 e. The summed E-state index contributed by atoms with van der Waals surface area (Å²) in [6.45, 7) is 10.4. The van der Waals surface area contributed by atoms with Crippen molar-refractivity contribution in [1.29, 1.82) is 0 Å². The first kappa shape index (κ1) is 12.5. The second-order valence-corrected chi connectivity index (χ2v) is 5.18. The molecule has 3 unspecified atom stereocenters. The predicted molar refractivity (Wildman–Crippen MR) is 62.6 cm³/mol. The van der Waals surface area contributed by atoms with Gasteiger partial charge in [0.15, 0.2) is 0 Å². The van der Waals surface area contributed by atoms with E-state index < -0.39 is 0 Å². The molecule has 0 aliphatic carbocycles. The van der Waals surface area contributed by atoms with Gasteiger partial charge in [0.1, 0.15) is 0 Å². The summed E-state index contributed by atoms with van der Waals surface area (Å²) in [6, 6.07) is 0.324. The summed E-state index contributed by atoms with van der Waals surface area (Å²) >= 11 is 0. The van der Waals surface area contributed by atoms with E-state index in [1.807, 2.05) is 11.9 Å². The first-order valence-corrected chi connectivity index (χ1v) is 5.92. The molecule has 0 aromatic carbocycles. The van der Waals surface area contributed by atoms with Crippen LogP contribution in [-0.4, -0.2) is 37.0 Å². The fourth-order valence-electron chi connectivity index (χ4n) is 2.05. The van der Waals surface area contributed by atoms with Gasteiger partial charge >= 0.3 is 0 Å². The molecule has 0 saturated carbocycles. The molecule has 0 bridgehead atoms. The number of rotatable bonds is 3. The molecule has 1 aliphatic rings. The molecule has 15 heavy (non-hydrogen) atoms. The molecule has 0 aromatic rings. The summed E-state index contributed by atoms with van der Waals surface area (Å²) in [7, 11) is 1.93. The molecule has 3 atom stereocenters. The van der Waals surface area contributed by atoms with E-state index in [2.05, 4.69) is 33.0 Å². The first-order chi connectivity index (χ1) is 6.95. The minimum absolute atomic E-state index is 0.177. The molecule has 0 aromatic heterocycles. The fraction of sp³-hybridized carbons (Fsp3) is 0.917. The van der Waals surface area contributed by atoms with E-state index in [9.17, 15) is 4.79 Å². The Hall–Kier alpha value is -0.570. The molecule has 0 radical (unpaired) electrons. The van der Waals surface area contributed by atoms with Crippen molar-refractivity contribution in [3.05, 3.63) is 0 Å². The van der Waals surface area contributed by atoms with Crippen LogP contribution in [0.3, 0.4) is 0 Å². The van der Waals surface area contributed by atoms with Crippen LogP contribution in [0.5, 0.6) is 0 Å². The van der Waals surface area contributed by atoms with E-state index in [1.165, 1.54) is 0 Å². The Labute approximate surface area is 93.2 Å². The fourth-order valence-corrected chi connectivity index (χ4v) is 2.05. The van der Waals surface area contributed by atoms with Crippen molar-refractivity contribution in [2.75, 3.05) is 20.1 Å². The average molecular weight is 212 g/mol. The van der Waals surface area contributed by atoms with E-state index in [-0.39, 0.29) is 5.92 Å². The van der Waals surface area contributed by atoms with Crippen LogP contribution in [0.25, 0.3) is 0 Å². The third kappa shape index (κ3) is 2.71. The SMILES string of the molecule is CC(C)C(C)N(C)C(=O)C1CNCC1C. The summed E-state index contributed by atoms with van der Waals surface area (Å²) in [5.41, 5.74) is 0. The van der Waals surface area contributed by atoms with Gasteiger partial charge in [-0.05, 0) is 25.3 Å². The Bertz CT molecular complexity index is 228. The molecule has 1 rings (SSSR count). The highest BCUT2D eigenvalue weighted by Gasteiger charge is 2.33. The molecule has 0 spiro atoms. The molecule has 3 nitrogen and oxygen atoms in total. The molecule has 88 valence electrons. The Balaban J connectivity index is 2.59. The average Bonchev–Trinajstić information content (AvgIpc) is 2.60. The Morgan fingerprint density at radius 3 is 2.33 bits per heavy atom. The maximum Gasteiger partial charge on any atom is 0.227 e. The third-order valence-electron chi connectivity index (χ3n) is 3.76. The molecule has 1 heterocycles. The first-order valence-electron chi connectivity index (χ1n) is 5.92. The molecule has 1 amide bonds. The van der Waals surface area contributed by atoms with Crippen LogP contribution in [0.2, 0.25) is 0 Å². The maximum atomic E-state index is 12.2. The van der Waals surface area contributed by atoms with E-state index >= 15 is 0 Å². The van der Waals surface area contributed by atoms with Crippen LogP contribution in [0.15, 0.2) is 0 Å². The maximum absolute atomic E-state index is 12.2. The zero-order chi connectivity index (χ0) is 11.6. The standard InChI is InChI=1S/C12H24N2O/c1-8(2)10(4)14(5)12(15)11-7-13-6-9(11)3/h8-11,13H,6-7H2,1-5H3. The monoisotopic (exact) mass is 212 g/mol. The van der Waals surface area contributed by atoms with Crippen LogP contribution in [-0.2, 0) is 4.79 Å². The smallest absolute Gasteiger partial charge is 0.227 e. The van der Waals surface area contributed by atoms with Crippen molar-refractivity contribution < 1.29 is 4.79 Å². The van der Waals surface area contributed by atoms with Gasteiger partial charge in [-0.15, -0.1) is 0 Å². The molecular formula is C12H24N2O. The highest BCUT2D eigenvalue weighted by Crippen LogP contribution is 2.20. The van der Waals surface area contributed by atoms with Crippen molar-refractivity contribution in [3.63, 3.8) is 0 Å². The summed E-state index contributed by atoms with van der Waals surface area (Å²) in [5, 5.41) is 3.28. The number of carbonyl (C=O) groups excluding carboxylic acids is 1. The van der Waals surface area contributed by atoms with E-state index in [1.54, 1.807) is 0 Å². The Morgan fingerprint density at radius 2 is 1.93 bits per heavy atom. The lowest BCUT2D eigenvalue weighted by Gasteiger charge is -2.31. The van der Waals surface area contributed by atoms with Gasteiger partial charge in [0, 0.05) is 19.6 Å². The summed E-state index contributed by atoms with van der Waals surface area (Å²) in [6.07, 6.45) is 0. The van der Waals surface area contributed by atoms with Crippen molar-refractivity contribution in [2.45, 2.75) is 33.7 Å². The summed E-state index contributed by atoms with van der Waals surface area (Å²) in [5.74, 6) is 1.47. The summed E-state index contributed by atoms with van der Waals surface area (Å²) < 4.78 is 0. The van der Waals surface area contributed by atoms with Crippen molar-refractivity contribution in [1.82, 2.24) is 10.2 Å². The Morgan fingerprint density at radius 1 is 1.33 bits per heavy atom. The Kier molecular flexibility index (Phi) is 4.14. The van der Waals surface area contributed by atoms with Crippen LogP contribution < -0.4 is 5.32 Å². The zero-order valence-electron chi connectivity index (χ0n) is 10.6. The van der Waals surface area contributed by atoms with Gasteiger partial charge in [0.25, 0.3) is 0 Å². The van der Waals surface area contributed by atoms with Crippen LogP contribution >= 0.6 is 0 Å². The normalized spacial score (nSPS) is 28.1. The zero-order valence-corrected chi connectivity index (χ0v) is 10.6. The van der Waals surface area contributed by atoms with E-state index in [0.29, 0.717) is 23.8 Å². The van der Waals surface area contributed by atoms with Gasteiger partial charge < -0.3 is 10.2 Å². The lowest BCUT2D eigenvalue weighted by molar-refractivity contribution is -0.137. The lowest BCUT2D eigenvalue weighted by atomic mass is 9.95. The molecular weight excluding hydrogens is 188 g/mol. The van der Waals surface area contributed by atoms with Crippen LogP contribution in [0.1, 0.15) is 27.7 Å². The molecule has 1 aliphatic heterocycles. The number of nitrogens with one attached hydrogen (secondary N) is 1. The van der Waals surface area contributed by atoms with Gasteiger partial charge in [0.2, 0.25) is 5.91 Å². The van der Waals surface area contributed by atoms with Crippen molar-refractivity contribution in [2.24, 2.45) is 17.8 Å². The highest BCUT2D eigenvalue weighted by atomic mass is 16.2. The second kappa shape index (κ2) is 4.97. The van der Waals surface area contributed by atoms with Crippen LogP contribution in [0.4, 0.5) is 0 Å². The number of amides is 1. The third-order valence-corrected chi connectivity index (χ3v) is 3.76. The van der Waals surface area contributed by atoms with Gasteiger partial charge in [-0.1, -0.05) is 20.8 Å². The van der Waals surface area contributed by atoms with E-state index in [0.717, 1.165) is 13.1 Å². The number of nitrogens with zero attached hydrogens (tertiary/aromatic N) is 1. The summed E-state index contributed by atoms with van der Waals surface area (Å²) in [4.78, 5) is 14.1. The topological polar surface area (TPSA) is 32.3 Å². The highest BCUT2D eigenvalue weighted by molar-refractivity contribution is 5.79. The predicted octanol–water partition coefficient (Wildman–Crippen LogP) is 1.34. The van der Waals surface area contributed by atoms with Gasteiger partial charge in [0.05, 0.1) is 5.92 Å². The minimum atomic E-state index is 0.177. The lowest BCUT2D eigenvalue weighted by Crippen LogP contribution is -2.43. The molecule has 1 N–H and O–H groups in total. The largest absolute Gasteiger partial charge is 0.343 e. The van der Waals surface area contributed by atoms with Gasteiger partial charge in [-0.2, -0.15) is 0 Å². The molecule has 1 fully saturated rings. The second-order valence-electron chi connectivity index (χ2n) is 5.18. The van der Waals surface area contributed by atoms with Crippen LogP contribution in [0, 0.1) is 17.8 Å². The molecule has 3 heteroatoms. The number of carbonyl (C=O) groups is 1. The van der Waals surface area contributed by atoms with Crippen molar-refractivity contribution >= 4 is 5.91 Å². The number of hydrogen-bond donors (Lipinski definition) is 1. The molecule has 1 saturated heterocycles. The quantitative estimate of drug-likeness (QED) is 0.766. The number of hydrogen-bond acceptors (Lipinski definition) is 2. The van der Waals surface area contributed by atoms with E-state index in [4.69, 9.17) is 0 Å².